The van der Waals surface area contributed by atoms with E-state index in [4.69, 9.17) is 5.11 Å². The first kappa shape index (κ1) is 20.5. The van der Waals surface area contributed by atoms with Gasteiger partial charge in [0, 0.05) is 12.7 Å². The summed E-state index contributed by atoms with van der Waals surface area (Å²) in [5.74, 6) is -0.821. The number of halogens is 2. The zero-order valence-electron chi connectivity index (χ0n) is 8.79. The first-order valence-corrected chi connectivity index (χ1v) is 3.98. The molecule has 7 heteroatoms. The third-order valence-electron chi connectivity index (χ3n) is 1.56. The summed E-state index contributed by atoms with van der Waals surface area (Å²) in [6.07, 6.45) is 1.70. The van der Waals surface area contributed by atoms with E-state index in [1.165, 1.54) is 0 Å². The van der Waals surface area contributed by atoms with Gasteiger partial charge in [-0.15, -0.1) is 24.8 Å². The number of aromatic nitrogens is 1. The highest BCUT2D eigenvalue weighted by atomic mass is 35.5. The number of rotatable bonds is 4. The van der Waals surface area contributed by atoms with Crippen molar-refractivity contribution in [2.24, 2.45) is 0 Å². The second-order valence-electron chi connectivity index (χ2n) is 2.89. The van der Waals surface area contributed by atoms with Crippen molar-refractivity contribution in [1.29, 1.82) is 0 Å². The molecule has 0 atom stereocenters. The summed E-state index contributed by atoms with van der Waals surface area (Å²) in [6, 6.07) is 5.59. The Balaban J connectivity index is -0.000000563. The minimum absolute atomic E-state index is 0. The van der Waals surface area contributed by atoms with E-state index in [0.29, 0.717) is 6.54 Å². The van der Waals surface area contributed by atoms with E-state index in [-0.39, 0.29) is 36.8 Å². The molecular weight excluding hydrogens is 255 g/mol. The van der Waals surface area contributed by atoms with E-state index in [9.17, 15) is 4.79 Å². The van der Waals surface area contributed by atoms with Crippen LogP contribution in [0.1, 0.15) is 5.69 Å². The summed E-state index contributed by atoms with van der Waals surface area (Å²) in [6.45, 7) is 0.601. The quantitative estimate of drug-likeness (QED) is 0.869. The second-order valence-corrected chi connectivity index (χ2v) is 2.89. The molecule has 0 saturated carbocycles. The van der Waals surface area contributed by atoms with Crippen LogP contribution in [0.2, 0.25) is 0 Å². The van der Waals surface area contributed by atoms with E-state index in [0.717, 1.165) is 5.69 Å². The molecule has 1 aromatic heterocycles. The van der Waals surface area contributed by atoms with E-state index >= 15 is 0 Å². The van der Waals surface area contributed by atoms with Gasteiger partial charge in [0.25, 0.3) is 0 Å². The van der Waals surface area contributed by atoms with Crippen LogP contribution in [-0.4, -0.2) is 40.0 Å². The van der Waals surface area contributed by atoms with Crippen molar-refractivity contribution >= 4 is 30.8 Å². The second kappa shape index (κ2) is 10.6. The van der Waals surface area contributed by atoms with E-state index in [1.54, 1.807) is 18.1 Å². The molecule has 0 radical (unpaired) electrons. The molecule has 0 bridgehead atoms. The number of nitrogens with zero attached hydrogens (tertiary/aromatic N) is 2. The minimum Gasteiger partial charge on any atom is -0.480 e. The Kier molecular flexibility index (Phi) is 13.6. The van der Waals surface area contributed by atoms with E-state index in [1.807, 2.05) is 18.2 Å². The van der Waals surface area contributed by atoms with Gasteiger partial charge in [0.15, 0.2) is 0 Å². The minimum atomic E-state index is -0.821. The number of hydrogen-bond acceptors (Lipinski definition) is 3. The first-order chi connectivity index (χ1) is 6.18. The van der Waals surface area contributed by atoms with Gasteiger partial charge in [-0.05, 0) is 19.2 Å². The summed E-state index contributed by atoms with van der Waals surface area (Å²) in [5.41, 5.74) is 0.881. The molecule has 5 nitrogen and oxygen atoms in total. The topological polar surface area (TPSA) is 84.9 Å². The van der Waals surface area contributed by atoms with E-state index < -0.39 is 5.97 Å². The van der Waals surface area contributed by atoms with Crippen molar-refractivity contribution in [3.05, 3.63) is 30.1 Å². The Labute approximate surface area is 107 Å². The summed E-state index contributed by atoms with van der Waals surface area (Å²) in [5, 5.41) is 8.50. The Hall–Kier alpha value is -0.880. The molecule has 1 rings (SSSR count). The van der Waals surface area contributed by atoms with Gasteiger partial charge in [0.1, 0.15) is 0 Å². The predicted molar refractivity (Wildman–Crippen MR) is 66.3 cm³/mol. The molecule has 0 saturated heterocycles. The maximum atomic E-state index is 10.3. The van der Waals surface area contributed by atoms with Crippen LogP contribution in [0.3, 0.4) is 0 Å². The molecule has 0 spiro atoms. The van der Waals surface area contributed by atoms with Crippen molar-refractivity contribution < 1.29 is 15.4 Å². The maximum Gasteiger partial charge on any atom is 0.317 e. The van der Waals surface area contributed by atoms with Crippen molar-refractivity contribution in [3.63, 3.8) is 0 Å². The lowest BCUT2D eigenvalue weighted by molar-refractivity contribution is -0.138. The average Bonchev–Trinajstić information content (AvgIpc) is 2.04. The van der Waals surface area contributed by atoms with Gasteiger partial charge in [-0.3, -0.25) is 14.7 Å². The molecule has 16 heavy (non-hydrogen) atoms. The van der Waals surface area contributed by atoms with Gasteiger partial charge in [0.2, 0.25) is 0 Å². The lowest BCUT2D eigenvalue weighted by Gasteiger charge is -2.12. The van der Waals surface area contributed by atoms with Crippen LogP contribution in [0.4, 0.5) is 0 Å². The maximum absolute atomic E-state index is 10.3. The smallest absolute Gasteiger partial charge is 0.317 e. The van der Waals surface area contributed by atoms with Gasteiger partial charge >= 0.3 is 5.97 Å². The lowest BCUT2D eigenvalue weighted by Crippen LogP contribution is -2.25. The van der Waals surface area contributed by atoms with Gasteiger partial charge in [-0.25, -0.2) is 0 Å². The van der Waals surface area contributed by atoms with Crippen LogP contribution >= 0.6 is 24.8 Å². The molecule has 0 unspecified atom stereocenters. The SMILES string of the molecule is CN(CC(=O)O)Cc1ccccn1.Cl.Cl.O. The van der Waals surface area contributed by atoms with Crippen LogP contribution in [0.15, 0.2) is 24.4 Å². The predicted octanol–water partition coefficient (Wildman–Crippen LogP) is 0.617. The third-order valence-corrected chi connectivity index (χ3v) is 1.56. The molecule has 0 aromatic carbocycles. The zero-order chi connectivity index (χ0) is 9.68. The Bertz CT molecular complexity index is 285. The van der Waals surface area contributed by atoms with Gasteiger partial charge in [-0.1, -0.05) is 6.07 Å². The highest BCUT2D eigenvalue weighted by Gasteiger charge is 2.04. The first-order valence-electron chi connectivity index (χ1n) is 3.98. The van der Waals surface area contributed by atoms with Gasteiger partial charge in [-0.2, -0.15) is 0 Å². The number of pyridine rings is 1. The summed E-state index contributed by atoms with van der Waals surface area (Å²) in [7, 11) is 1.75. The zero-order valence-corrected chi connectivity index (χ0v) is 10.4. The fraction of sp³-hybridized carbons (Fsp3) is 0.333. The lowest BCUT2D eigenvalue weighted by atomic mass is 10.3. The number of hydrogen-bond donors (Lipinski definition) is 1. The molecule has 0 amide bonds. The van der Waals surface area contributed by atoms with Crippen LogP contribution in [-0.2, 0) is 11.3 Å². The monoisotopic (exact) mass is 270 g/mol. The summed E-state index contributed by atoms with van der Waals surface area (Å²) < 4.78 is 0. The molecule has 0 fully saturated rings. The molecule has 0 aliphatic carbocycles. The fourth-order valence-corrected chi connectivity index (χ4v) is 1.06. The Morgan fingerprint density at radius 3 is 2.50 bits per heavy atom. The average molecular weight is 271 g/mol. The highest BCUT2D eigenvalue weighted by Crippen LogP contribution is 1.97. The van der Waals surface area contributed by atoms with Crippen LogP contribution < -0.4 is 0 Å². The van der Waals surface area contributed by atoms with Gasteiger partial charge in [0.05, 0.1) is 12.2 Å². The summed E-state index contributed by atoms with van der Waals surface area (Å²) in [4.78, 5) is 16.1. The molecule has 3 N–H and O–H groups in total. The molecule has 1 heterocycles. The number of carbonyl (C=O) groups is 1. The number of carboxylic acids is 1. The largest absolute Gasteiger partial charge is 0.480 e. The van der Waals surface area contributed by atoms with Crippen LogP contribution in [0.25, 0.3) is 0 Å². The molecule has 0 aliphatic rings. The van der Waals surface area contributed by atoms with Crippen LogP contribution in [0, 0.1) is 0 Å². The number of carboxylic acid groups (broad SMARTS) is 1. The highest BCUT2D eigenvalue weighted by molar-refractivity contribution is 5.85. The van der Waals surface area contributed by atoms with Crippen molar-refractivity contribution in [3.8, 4) is 0 Å². The van der Waals surface area contributed by atoms with Crippen molar-refractivity contribution in [2.45, 2.75) is 6.54 Å². The molecule has 1 aromatic rings. The number of likely N-dealkylation sites (N-methyl/N-ethyl adjacent to an activating group) is 1. The van der Waals surface area contributed by atoms with E-state index in [2.05, 4.69) is 4.98 Å². The molecular formula is C9H16Cl2N2O3. The van der Waals surface area contributed by atoms with Crippen molar-refractivity contribution in [2.75, 3.05) is 13.6 Å². The third kappa shape index (κ3) is 8.43. The number of aliphatic carboxylic acids is 1. The Morgan fingerprint density at radius 2 is 2.06 bits per heavy atom. The normalized spacial score (nSPS) is 8.38. The fourth-order valence-electron chi connectivity index (χ4n) is 1.06. The molecule has 94 valence electrons. The summed E-state index contributed by atoms with van der Waals surface area (Å²) >= 11 is 0. The standard InChI is InChI=1S/C9H12N2O2.2ClH.H2O/c1-11(7-9(12)13)6-8-4-2-3-5-10-8;;;/h2-5H,6-7H2,1H3,(H,12,13);2*1H;1H2. The van der Waals surface area contributed by atoms with Crippen molar-refractivity contribution in [1.82, 2.24) is 9.88 Å². The Morgan fingerprint density at radius 1 is 1.44 bits per heavy atom. The van der Waals surface area contributed by atoms with Crippen LogP contribution in [0.5, 0.6) is 0 Å². The molecule has 0 aliphatic heterocycles. The van der Waals surface area contributed by atoms with Gasteiger partial charge < -0.3 is 10.6 Å².